The van der Waals surface area contributed by atoms with Gasteiger partial charge >= 0.3 is 5.97 Å². The average molecular weight is 359 g/mol. The minimum atomic E-state index is -0.606. The highest BCUT2D eigenvalue weighted by molar-refractivity contribution is 7.23. The van der Waals surface area contributed by atoms with Crippen LogP contribution in [0.5, 0.6) is 0 Å². The molecule has 120 valence electrons. The maximum Gasteiger partial charge on any atom is 0.374 e. The fraction of sp³-hybridized carbons (Fsp3) is 0.0667. The van der Waals surface area contributed by atoms with Gasteiger partial charge in [0.05, 0.1) is 16.8 Å². The second-order valence-corrected chi connectivity index (χ2v) is 6.62. The number of rotatable bonds is 4. The van der Waals surface area contributed by atoms with Crippen LogP contribution in [0.1, 0.15) is 16.2 Å². The summed E-state index contributed by atoms with van der Waals surface area (Å²) in [6, 6.07) is 8.25. The molecule has 0 aliphatic heterocycles. The van der Waals surface area contributed by atoms with Crippen molar-refractivity contribution in [2.24, 2.45) is 0 Å². The lowest BCUT2D eigenvalue weighted by Gasteiger charge is -2.02. The Morgan fingerprint density at radius 3 is 3.00 bits per heavy atom. The van der Waals surface area contributed by atoms with Crippen LogP contribution in [-0.2, 0) is 11.3 Å². The van der Waals surface area contributed by atoms with Gasteiger partial charge in [-0.25, -0.2) is 9.78 Å². The third-order valence-electron chi connectivity index (χ3n) is 3.10. The van der Waals surface area contributed by atoms with Gasteiger partial charge in [0.1, 0.15) is 6.61 Å². The molecule has 0 aliphatic rings. The zero-order valence-electron chi connectivity index (χ0n) is 12.0. The van der Waals surface area contributed by atoms with Gasteiger partial charge in [-0.2, -0.15) is 9.61 Å². The van der Waals surface area contributed by atoms with Crippen LogP contribution >= 0.6 is 22.7 Å². The number of carbonyl (C=O) groups is 1. The number of fused-ring (bicyclic) bond motifs is 1. The summed E-state index contributed by atoms with van der Waals surface area (Å²) in [4.78, 5) is 29.7. The molecule has 0 radical (unpaired) electrons. The normalized spacial score (nSPS) is 11.0. The molecule has 4 aromatic heterocycles. The number of esters is 1. The molecule has 0 fully saturated rings. The van der Waals surface area contributed by atoms with Gasteiger partial charge in [-0.15, -0.1) is 11.3 Å². The number of aromatic nitrogens is 3. The Hall–Kier alpha value is -2.78. The van der Waals surface area contributed by atoms with Crippen LogP contribution in [0.3, 0.4) is 0 Å². The summed E-state index contributed by atoms with van der Waals surface area (Å²) in [6.07, 6.45) is 1.39. The molecule has 4 heterocycles. The molecule has 4 rings (SSSR count). The van der Waals surface area contributed by atoms with Gasteiger partial charge < -0.3 is 9.15 Å². The Bertz CT molecular complexity index is 1050. The molecule has 0 spiro atoms. The average Bonchev–Trinajstić information content (AvgIpc) is 3.32. The Kier molecular flexibility index (Phi) is 3.71. The van der Waals surface area contributed by atoms with E-state index in [2.05, 4.69) is 10.1 Å². The van der Waals surface area contributed by atoms with E-state index in [-0.39, 0.29) is 17.9 Å². The summed E-state index contributed by atoms with van der Waals surface area (Å²) >= 11 is 2.85. The smallest absolute Gasteiger partial charge is 0.374 e. The van der Waals surface area contributed by atoms with E-state index in [4.69, 9.17) is 9.15 Å². The Morgan fingerprint density at radius 2 is 2.25 bits per heavy atom. The highest BCUT2D eigenvalue weighted by Gasteiger charge is 2.14. The molecule has 9 heteroatoms. The summed E-state index contributed by atoms with van der Waals surface area (Å²) in [5.41, 5.74) is 0.0457. The van der Waals surface area contributed by atoms with Gasteiger partial charge in [0.2, 0.25) is 10.7 Å². The topological polar surface area (TPSA) is 86.7 Å². The predicted molar refractivity (Wildman–Crippen MR) is 88.3 cm³/mol. The lowest BCUT2D eigenvalue weighted by atomic mass is 10.4. The summed E-state index contributed by atoms with van der Waals surface area (Å²) in [7, 11) is 0. The summed E-state index contributed by atoms with van der Waals surface area (Å²) in [5, 5.41) is 6.94. The van der Waals surface area contributed by atoms with Crippen molar-refractivity contribution in [2.75, 3.05) is 0 Å². The van der Waals surface area contributed by atoms with Crippen LogP contribution in [0.2, 0.25) is 0 Å². The number of ether oxygens (including phenoxy) is 1. The lowest BCUT2D eigenvalue weighted by molar-refractivity contribution is 0.0431. The monoisotopic (exact) mass is 359 g/mol. The van der Waals surface area contributed by atoms with Gasteiger partial charge in [0.25, 0.3) is 5.56 Å². The van der Waals surface area contributed by atoms with Crippen molar-refractivity contribution in [3.63, 3.8) is 0 Å². The van der Waals surface area contributed by atoms with Crippen molar-refractivity contribution < 1.29 is 13.9 Å². The van der Waals surface area contributed by atoms with Crippen molar-refractivity contribution in [2.45, 2.75) is 6.61 Å². The highest BCUT2D eigenvalue weighted by atomic mass is 32.1. The third kappa shape index (κ3) is 2.74. The number of nitrogens with zero attached hydrogens (tertiary/aromatic N) is 3. The van der Waals surface area contributed by atoms with Crippen LogP contribution in [0.25, 0.3) is 14.8 Å². The van der Waals surface area contributed by atoms with Crippen LogP contribution in [0.4, 0.5) is 0 Å². The molecular weight excluding hydrogens is 350 g/mol. The number of hydrogen-bond donors (Lipinski definition) is 0. The first-order chi connectivity index (χ1) is 11.7. The van der Waals surface area contributed by atoms with Crippen molar-refractivity contribution in [3.05, 3.63) is 63.8 Å². The standard InChI is InChI=1S/C15H9N3O4S2/c19-12-7-9(8-22-14(20)10-3-1-5-21-10)16-15-18(12)17-13(24-15)11-4-2-6-23-11/h1-7H,8H2. The molecule has 24 heavy (non-hydrogen) atoms. The number of furan rings is 1. The molecule has 0 amide bonds. The van der Waals surface area contributed by atoms with E-state index in [1.165, 1.54) is 45.6 Å². The van der Waals surface area contributed by atoms with E-state index in [0.29, 0.717) is 10.7 Å². The number of thiophene rings is 1. The van der Waals surface area contributed by atoms with E-state index in [1.807, 2.05) is 17.5 Å². The largest absolute Gasteiger partial charge is 0.457 e. The quantitative estimate of drug-likeness (QED) is 0.521. The summed E-state index contributed by atoms with van der Waals surface area (Å²) in [6.45, 7) is -0.114. The van der Waals surface area contributed by atoms with Crippen molar-refractivity contribution in [3.8, 4) is 9.88 Å². The fourth-order valence-corrected chi connectivity index (χ4v) is 3.75. The first-order valence-corrected chi connectivity index (χ1v) is 8.54. The summed E-state index contributed by atoms with van der Waals surface area (Å²) in [5.74, 6) is -0.504. The molecule has 4 aromatic rings. The van der Waals surface area contributed by atoms with Crippen molar-refractivity contribution in [1.82, 2.24) is 14.6 Å². The van der Waals surface area contributed by atoms with Gasteiger partial charge in [0, 0.05) is 6.07 Å². The molecule has 0 atom stereocenters. The fourth-order valence-electron chi connectivity index (χ4n) is 2.04. The summed E-state index contributed by atoms with van der Waals surface area (Å²) < 4.78 is 11.3. The van der Waals surface area contributed by atoms with Gasteiger partial charge in [-0.05, 0) is 23.6 Å². The number of hydrogen-bond acceptors (Lipinski definition) is 8. The van der Waals surface area contributed by atoms with Crippen LogP contribution < -0.4 is 5.56 Å². The minimum Gasteiger partial charge on any atom is -0.457 e. The van der Waals surface area contributed by atoms with Crippen LogP contribution in [-0.4, -0.2) is 20.6 Å². The highest BCUT2D eigenvalue weighted by Crippen LogP contribution is 2.28. The first-order valence-electron chi connectivity index (χ1n) is 6.85. The molecule has 0 aromatic carbocycles. The lowest BCUT2D eigenvalue weighted by Crippen LogP contribution is -2.16. The Labute approximate surface area is 142 Å². The Balaban J connectivity index is 1.60. The van der Waals surface area contributed by atoms with Crippen LogP contribution in [0, 0.1) is 0 Å². The second-order valence-electron chi connectivity index (χ2n) is 4.72. The zero-order chi connectivity index (χ0) is 16.5. The molecule has 0 aliphatic carbocycles. The van der Waals surface area contributed by atoms with E-state index in [0.717, 1.165) is 9.88 Å². The van der Waals surface area contributed by atoms with Gasteiger partial charge in [0.15, 0.2) is 5.01 Å². The number of carbonyl (C=O) groups excluding carboxylic acids is 1. The molecular formula is C15H9N3O4S2. The van der Waals surface area contributed by atoms with Gasteiger partial charge in [-0.1, -0.05) is 17.4 Å². The molecule has 0 bridgehead atoms. The maximum atomic E-state index is 12.2. The van der Waals surface area contributed by atoms with E-state index < -0.39 is 5.97 Å². The minimum absolute atomic E-state index is 0.102. The van der Waals surface area contributed by atoms with E-state index in [9.17, 15) is 9.59 Å². The second kappa shape index (κ2) is 6.02. The van der Waals surface area contributed by atoms with Crippen molar-refractivity contribution >= 4 is 33.6 Å². The molecule has 0 unspecified atom stereocenters. The SMILES string of the molecule is O=C(OCc1cc(=O)n2nc(-c3cccs3)sc2n1)c1ccco1. The molecule has 0 saturated carbocycles. The van der Waals surface area contributed by atoms with Crippen LogP contribution in [0.15, 0.2) is 51.2 Å². The van der Waals surface area contributed by atoms with Crippen molar-refractivity contribution in [1.29, 1.82) is 0 Å². The molecule has 7 nitrogen and oxygen atoms in total. The van der Waals surface area contributed by atoms with E-state index in [1.54, 1.807) is 6.07 Å². The van der Waals surface area contributed by atoms with Gasteiger partial charge in [-0.3, -0.25) is 4.79 Å². The molecule has 0 saturated heterocycles. The predicted octanol–water partition coefficient (Wildman–Crippen LogP) is 2.83. The zero-order valence-corrected chi connectivity index (χ0v) is 13.7. The van der Waals surface area contributed by atoms with E-state index >= 15 is 0 Å². The molecule has 0 N–H and O–H groups in total. The first kappa shape index (κ1) is 14.8. The third-order valence-corrected chi connectivity index (χ3v) is 5.05. The Morgan fingerprint density at radius 1 is 1.33 bits per heavy atom. The maximum absolute atomic E-state index is 12.2.